The van der Waals surface area contributed by atoms with Gasteiger partial charge in [-0.3, -0.25) is 0 Å². The van der Waals surface area contributed by atoms with Crippen LogP contribution in [-0.4, -0.2) is 36.8 Å². The van der Waals surface area contributed by atoms with Crippen LogP contribution in [0.5, 0.6) is 0 Å². The molecular weight excluding hydrogens is 550 g/mol. The Kier molecular flexibility index (Phi) is 5.45. The van der Waals surface area contributed by atoms with E-state index >= 15 is 0 Å². The molecule has 0 aliphatic heterocycles. The van der Waals surface area contributed by atoms with Crippen molar-refractivity contribution in [2.75, 3.05) is 0 Å². The zero-order valence-electron chi connectivity index (χ0n) is 14.7. The second kappa shape index (κ2) is 6.78. The number of rotatable bonds is 4. The minimum absolute atomic E-state index is 1.43. The molecule has 0 spiro atoms. The molecule has 3 heterocycles. The molecule has 3 rings (SSSR count). The first-order chi connectivity index (χ1) is 10.6. The molecule has 0 aromatic carbocycles. The molecule has 0 fully saturated rings. The predicted octanol–water partition coefficient (Wildman–Crippen LogP) is 6.30. The standard InChI is InChI=1S/C12H6S3.6CH3.2Sn/c1-3-9(13-7-1)11-5-6-12(15-11)10-4-2-8-14-10;;;;;;;;/h1-6H;6*1H3;;. The van der Waals surface area contributed by atoms with Crippen molar-refractivity contribution in [3.8, 4) is 19.5 Å². The molecule has 0 unspecified atom stereocenters. The van der Waals surface area contributed by atoms with Gasteiger partial charge >= 0.3 is 162 Å². The van der Waals surface area contributed by atoms with E-state index in [0.29, 0.717) is 0 Å². The van der Waals surface area contributed by atoms with Crippen LogP contribution >= 0.6 is 34.0 Å². The molecule has 0 radical (unpaired) electrons. The van der Waals surface area contributed by atoms with Gasteiger partial charge in [0.05, 0.1) is 0 Å². The summed E-state index contributed by atoms with van der Waals surface area (Å²) in [6, 6.07) is 14.1. The van der Waals surface area contributed by atoms with Crippen molar-refractivity contribution in [3.63, 3.8) is 0 Å². The van der Waals surface area contributed by atoms with Crippen molar-refractivity contribution < 1.29 is 0 Å². The van der Waals surface area contributed by atoms with Gasteiger partial charge in [0.1, 0.15) is 0 Å². The van der Waals surface area contributed by atoms with Gasteiger partial charge in [0.25, 0.3) is 0 Å². The summed E-state index contributed by atoms with van der Waals surface area (Å²) < 4.78 is 3.34. The third-order valence-corrected chi connectivity index (χ3v) is 26.4. The van der Waals surface area contributed by atoms with Crippen molar-refractivity contribution in [2.45, 2.75) is 29.6 Å². The summed E-state index contributed by atoms with van der Waals surface area (Å²) in [4.78, 5) is 20.7. The van der Waals surface area contributed by atoms with Crippen molar-refractivity contribution >= 4 is 76.6 Å². The van der Waals surface area contributed by atoms with Crippen LogP contribution < -0.4 is 5.79 Å². The molecule has 0 bridgehead atoms. The first kappa shape index (κ1) is 18.5. The van der Waals surface area contributed by atoms with E-state index in [9.17, 15) is 0 Å². The fraction of sp³-hybridized carbons (Fsp3) is 0.333. The van der Waals surface area contributed by atoms with Crippen LogP contribution in [0.25, 0.3) is 19.5 Å². The predicted molar refractivity (Wildman–Crippen MR) is 117 cm³/mol. The van der Waals surface area contributed by atoms with Gasteiger partial charge in [-0.25, -0.2) is 0 Å². The van der Waals surface area contributed by atoms with E-state index in [0.717, 1.165) is 0 Å². The van der Waals surface area contributed by atoms with Crippen molar-refractivity contribution in [1.29, 1.82) is 0 Å². The molecule has 0 aliphatic carbocycles. The van der Waals surface area contributed by atoms with Gasteiger partial charge in [0.2, 0.25) is 0 Å². The van der Waals surface area contributed by atoms with Gasteiger partial charge in [-0.05, 0) is 0 Å². The fourth-order valence-corrected chi connectivity index (χ4v) is 16.1. The first-order valence-corrected chi connectivity index (χ1v) is 30.4. The fourth-order valence-electron chi connectivity index (χ4n) is 2.35. The van der Waals surface area contributed by atoms with Crippen LogP contribution in [0.3, 0.4) is 0 Å². The second-order valence-electron chi connectivity index (χ2n) is 7.99. The number of hydrogen-bond acceptors (Lipinski definition) is 3. The van der Waals surface area contributed by atoms with Crippen LogP contribution in [-0.2, 0) is 0 Å². The summed E-state index contributed by atoms with van der Waals surface area (Å²) in [6.07, 6.45) is 0. The Morgan fingerprint density at radius 1 is 0.478 bits per heavy atom. The molecule has 0 atom stereocenters. The van der Waals surface area contributed by atoms with E-state index < -0.39 is 36.8 Å². The molecular formula is C18H24S3Sn2. The summed E-state index contributed by atoms with van der Waals surface area (Å²) >= 11 is 2.17. The molecule has 23 heavy (non-hydrogen) atoms. The Morgan fingerprint density at radius 2 is 0.783 bits per heavy atom. The maximum atomic E-state index is 2.50. The Bertz CT molecular complexity index is 743. The molecule has 122 valence electrons. The molecule has 0 N–H and O–H groups in total. The molecule has 3 aromatic heterocycles. The van der Waals surface area contributed by atoms with Gasteiger partial charge in [0.15, 0.2) is 0 Å². The van der Waals surface area contributed by atoms with Gasteiger partial charge in [-0.2, -0.15) is 0 Å². The molecule has 0 saturated heterocycles. The summed E-state index contributed by atoms with van der Waals surface area (Å²) in [5.74, 6) is 0. The minimum atomic E-state index is -1.92. The Hall–Kier alpha value is 0.697. The Labute approximate surface area is 160 Å². The molecule has 0 nitrogen and oxygen atoms in total. The van der Waals surface area contributed by atoms with Crippen molar-refractivity contribution in [1.82, 2.24) is 0 Å². The van der Waals surface area contributed by atoms with Crippen molar-refractivity contribution in [2.24, 2.45) is 0 Å². The van der Waals surface area contributed by atoms with Crippen molar-refractivity contribution in [3.05, 3.63) is 36.4 Å². The third kappa shape index (κ3) is 4.27. The molecule has 5 heteroatoms. The van der Waals surface area contributed by atoms with E-state index in [4.69, 9.17) is 0 Å². The second-order valence-corrected chi connectivity index (χ2v) is 42.1. The van der Waals surface area contributed by atoms with Gasteiger partial charge in [-0.15, -0.1) is 0 Å². The van der Waals surface area contributed by atoms with Crippen LogP contribution in [0, 0.1) is 0 Å². The van der Waals surface area contributed by atoms with E-state index in [2.05, 4.69) is 66.0 Å². The summed E-state index contributed by atoms with van der Waals surface area (Å²) in [7, 11) is 0. The average Bonchev–Trinajstić information content (AvgIpc) is 3.17. The first-order valence-electron chi connectivity index (χ1n) is 7.96. The van der Waals surface area contributed by atoms with E-state index in [1.54, 1.807) is 5.79 Å². The number of hydrogen-bond donors (Lipinski definition) is 0. The van der Waals surface area contributed by atoms with Crippen LogP contribution in [0.1, 0.15) is 0 Å². The van der Waals surface area contributed by atoms with E-state index in [1.807, 2.05) is 34.0 Å². The summed E-state index contributed by atoms with van der Waals surface area (Å²) in [5, 5.41) is 0. The Morgan fingerprint density at radius 3 is 1.09 bits per heavy atom. The van der Waals surface area contributed by atoms with Gasteiger partial charge < -0.3 is 0 Å². The van der Waals surface area contributed by atoms with Crippen LogP contribution in [0.2, 0.25) is 29.6 Å². The molecule has 3 aromatic rings. The van der Waals surface area contributed by atoms with E-state index in [1.165, 1.54) is 19.5 Å². The SMILES string of the molecule is [CH3][Sn]([CH3])([CH3])[c]1ccc(-c2ccc(-c3cc[c]([Sn]([CH3])([CH3])[CH3])s3)s2)s1. The molecule has 0 amide bonds. The van der Waals surface area contributed by atoms with Crippen LogP contribution in [0.15, 0.2) is 36.4 Å². The summed E-state index contributed by atoms with van der Waals surface area (Å²) in [5.41, 5.74) is 0. The van der Waals surface area contributed by atoms with Crippen LogP contribution in [0.4, 0.5) is 0 Å². The van der Waals surface area contributed by atoms with Gasteiger partial charge in [-0.1, -0.05) is 0 Å². The topological polar surface area (TPSA) is 0 Å². The average molecular weight is 574 g/mol. The zero-order valence-corrected chi connectivity index (χ0v) is 22.8. The molecule has 0 saturated carbocycles. The Balaban J connectivity index is 1.89. The van der Waals surface area contributed by atoms with E-state index in [-0.39, 0.29) is 0 Å². The number of thiophene rings is 3. The third-order valence-electron chi connectivity index (χ3n) is 3.78. The quantitative estimate of drug-likeness (QED) is 0.322. The summed E-state index contributed by atoms with van der Waals surface area (Å²) in [6.45, 7) is 0. The zero-order chi connectivity index (χ0) is 16.8. The molecule has 0 aliphatic rings. The maximum absolute atomic E-state index is 2.50. The van der Waals surface area contributed by atoms with Gasteiger partial charge in [0, 0.05) is 0 Å². The monoisotopic (exact) mass is 576 g/mol. The normalized spacial score (nSPS) is 12.8.